The maximum atomic E-state index is 12.9. The number of nitrogens with zero attached hydrogens (tertiary/aromatic N) is 2. The number of anilines is 3. The Kier molecular flexibility index (Phi) is 24.6. The molecule has 0 atom stereocenters. The number of carbonyl (C=O) groups is 1. The maximum absolute atomic E-state index is 12.9. The van der Waals surface area contributed by atoms with Crippen molar-refractivity contribution < 1.29 is 9.18 Å². The first-order valence-electron chi connectivity index (χ1n) is 13.8. The third-order valence-electron chi connectivity index (χ3n) is 4.92. The summed E-state index contributed by atoms with van der Waals surface area (Å²) in [4.78, 5) is 16.8. The predicted molar refractivity (Wildman–Crippen MR) is 172 cm³/mol. The van der Waals surface area contributed by atoms with Gasteiger partial charge in [0, 0.05) is 36.2 Å². The van der Waals surface area contributed by atoms with Crippen LogP contribution in [0.25, 0.3) is 0 Å². The third-order valence-corrected chi connectivity index (χ3v) is 4.92. The molecule has 0 unspecified atom stereocenters. The Bertz CT molecular complexity index is 1000. The van der Waals surface area contributed by atoms with Gasteiger partial charge in [-0.3, -0.25) is 14.1 Å². The lowest BCUT2D eigenvalue weighted by molar-refractivity contribution is 0.0999. The van der Waals surface area contributed by atoms with Gasteiger partial charge in [0.05, 0.1) is 7.18 Å². The van der Waals surface area contributed by atoms with E-state index in [9.17, 15) is 9.18 Å². The first kappa shape index (κ1) is 37.2. The number of carbonyl (C=O) groups excluding carboxylic acids is 1. The summed E-state index contributed by atoms with van der Waals surface area (Å²) >= 11 is 0. The van der Waals surface area contributed by atoms with Crippen LogP contribution in [0.4, 0.5) is 21.5 Å². The maximum Gasteiger partial charge on any atom is 0.262 e. The predicted octanol–water partition coefficient (Wildman–Crippen LogP) is 10.5. The summed E-state index contributed by atoms with van der Waals surface area (Å²) in [7, 11) is 2.59. The second kappa shape index (κ2) is 25.7. The summed E-state index contributed by atoms with van der Waals surface area (Å²) in [5.74, 6) is -0.0343. The van der Waals surface area contributed by atoms with Gasteiger partial charge in [-0.25, -0.2) is 0 Å². The van der Waals surface area contributed by atoms with Crippen LogP contribution in [0.2, 0.25) is 0 Å². The molecule has 0 aliphatic rings. The van der Waals surface area contributed by atoms with Gasteiger partial charge >= 0.3 is 0 Å². The topological polar surface area (TPSA) is 23.6 Å². The monoisotopic (exact) mass is 532 g/mol. The van der Waals surface area contributed by atoms with Crippen molar-refractivity contribution in [1.82, 2.24) is 0 Å². The van der Waals surface area contributed by atoms with E-state index in [-0.39, 0.29) is 5.91 Å². The molecule has 3 nitrogen and oxygen atoms in total. The summed E-state index contributed by atoms with van der Waals surface area (Å²) in [6.45, 7) is 15.2. The van der Waals surface area contributed by atoms with Gasteiger partial charge in [-0.1, -0.05) is 114 Å². The Morgan fingerprint density at radius 2 is 0.821 bits per heavy atom. The molecule has 4 aromatic carbocycles. The number of amides is 1. The van der Waals surface area contributed by atoms with Crippen molar-refractivity contribution >= 4 is 23.0 Å². The van der Waals surface area contributed by atoms with Crippen molar-refractivity contribution in [2.75, 3.05) is 30.6 Å². The first-order valence-corrected chi connectivity index (χ1v) is 13.8. The molecular weight excluding hydrogens is 483 g/mol. The fraction of sp³-hybridized carbons (Fsp3) is 0.286. The van der Waals surface area contributed by atoms with Gasteiger partial charge in [-0.2, -0.15) is 0 Å². The van der Waals surface area contributed by atoms with Crippen LogP contribution in [0.15, 0.2) is 121 Å². The molecule has 4 heteroatoms. The molecular formula is C35H49FN2O. The quantitative estimate of drug-likeness (QED) is 0.255. The highest BCUT2D eigenvalue weighted by Gasteiger charge is 2.18. The lowest BCUT2D eigenvalue weighted by Gasteiger charge is -2.23. The zero-order valence-electron chi connectivity index (χ0n) is 25.4. The minimum Gasteiger partial charge on any atom is -0.375 e. The second-order valence-electron chi connectivity index (χ2n) is 7.03. The van der Waals surface area contributed by atoms with E-state index in [0.29, 0.717) is 12.7 Å². The molecule has 0 saturated carbocycles. The molecule has 4 aromatic rings. The normalized spacial score (nSPS) is 8.46. The fourth-order valence-electron chi connectivity index (χ4n) is 3.11. The number of hydrogen-bond donors (Lipinski definition) is 0. The van der Waals surface area contributed by atoms with E-state index in [4.69, 9.17) is 0 Å². The third kappa shape index (κ3) is 14.0. The molecule has 0 aliphatic heterocycles. The van der Waals surface area contributed by atoms with E-state index >= 15 is 0 Å². The molecule has 0 spiro atoms. The second-order valence-corrected chi connectivity index (χ2v) is 7.03. The highest BCUT2D eigenvalue weighted by atomic mass is 19.1. The van der Waals surface area contributed by atoms with Gasteiger partial charge in [0.15, 0.2) is 0 Å². The highest BCUT2D eigenvalue weighted by molar-refractivity contribution is 6.10. The van der Waals surface area contributed by atoms with E-state index in [1.165, 1.54) is 5.69 Å². The Labute approximate surface area is 237 Å². The highest BCUT2D eigenvalue weighted by Crippen LogP contribution is 2.27. The standard InChI is InChI=1S/C19H15NO.C9H13N.3C2H6.CH3F/c21-19(16-10-4-1-5-11-16)20(17-12-6-2-7-13-17)18-14-8-3-9-15-18;1-3-10(2)9-7-5-4-6-8-9;4*1-2/h1-15H;4-8H,3H2,1-2H3;3*1-2H3;1H3. The van der Waals surface area contributed by atoms with E-state index < -0.39 is 0 Å². The van der Waals surface area contributed by atoms with Crippen molar-refractivity contribution in [2.45, 2.75) is 48.5 Å². The summed E-state index contributed by atoms with van der Waals surface area (Å²) in [5, 5.41) is 0. The van der Waals surface area contributed by atoms with Crippen LogP contribution in [0, 0.1) is 0 Å². The molecule has 0 aliphatic carbocycles. The van der Waals surface area contributed by atoms with Crippen molar-refractivity contribution in [3.63, 3.8) is 0 Å². The molecule has 0 fully saturated rings. The van der Waals surface area contributed by atoms with Crippen molar-refractivity contribution in [1.29, 1.82) is 0 Å². The SMILES string of the molecule is CC.CC.CC.CCN(C)c1ccccc1.CF.O=C(c1ccccc1)N(c1ccccc1)c1ccccc1. The van der Waals surface area contributed by atoms with Crippen LogP contribution in [0.1, 0.15) is 58.8 Å². The summed E-state index contributed by atoms with van der Waals surface area (Å²) in [6, 6.07) is 39.1. The zero-order valence-corrected chi connectivity index (χ0v) is 25.4. The molecule has 0 bridgehead atoms. The van der Waals surface area contributed by atoms with Crippen LogP contribution in [-0.4, -0.2) is 26.7 Å². The van der Waals surface area contributed by atoms with Gasteiger partial charge in [-0.15, -0.1) is 0 Å². The smallest absolute Gasteiger partial charge is 0.262 e. The zero-order chi connectivity index (χ0) is 29.9. The van der Waals surface area contributed by atoms with Crippen LogP contribution < -0.4 is 9.80 Å². The van der Waals surface area contributed by atoms with Gasteiger partial charge in [-0.05, 0) is 55.5 Å². The van der Waals surface area contributed by atoms with Crippen molar-refractivity contribution in [3.8, 4) is 0 Å². The van der Waals surface area contributed by atoms with Crippen molar-refractivity contribution in [2.24, 2.45) is 0 Å². The Morgan fingerprint density at radius 1 is 0.538 bits per heavy atom. The molecule has 212 valence electrons. The summed E-state index contributed by atoms with van der Waals surface area (Å²) in [6.07, 6.45) is 0. The van der Waals surface area contributed by atoms with Crippen LogP contribution in [-0.2, 0) is 0 Å². The number of benzene rings is 4. The van der Waals surface area contributed by atoms with E-state index in [0.717, 1.165) is 17.9 Å². The van der Waals surface area contributed by atoms with Crippen LogP contribution in [0.3, 0.4) is 0 Å². The number of alkyl halides is 1. The summed E-state index contributed by atoms with van der Waals surface area (Å²) in [5.41, 5.74) is 3.67. The molecule has 0 aromatic heterocycles. The molecule has 4 rings (SSSR count). The van der Waals surface area contributed by atoms with Gasteiger partial charge in [0.1, 0.15) is 0 Å². The number of rotatable bonds is 5. The average Bonchev–Trinajstić information content (AvgIpc) is 3.06. The van der Waals surface area contributed by atoms with Gasteiger partial charge in [0.2, 0.25) is 0 Å². The lowest BCUT2D eigenvalue weighted by Crippen LogP contribution is -2.25. The fourth-order valence-corrected chi connectivity index (χ4v) is 3.11. The Morgan fingerprint density at radius 3 is 1.13 bits per heavy atom. The molecule has 0 heterocycles. The van der Waals surface area contributed by atoms with E-state index in [1.807, 2.05) is 139 Å². The number of halogens is 1. The van der Waals surface area contributed by atoms with Gasteiger partial charge < -0.3 is 4.90 Å². The molecule has 0 N–H and O–H groups in total. The molecule has 0 saturated heterocycles. The Hall–Kier alpha value is -3.92. The summed E-state index contributed by atoms with van der Waals surface area (Å²) < 4.78 is 9.50. The molecule has 39 heavy (non-hydrogen) atoms. The minimum atomic E-state index is -0.0343. The lowest BCUT2D eigenvalue weighted by atomic mass is 10.1. The molecule has 1 amide bonds. The van der Waals surface area contributed by atoms with E-state index in [2.05, 4.69) is 43.1 Å². The van der Waals surface area contributed by atoms with Crippen LogP contribution in [0.5, 0.6) is 0 Å². The molecule has 0 radical (unpaired) electrons. The van der Waals surface area contributed by atoms with E-state index in [1.54, 1.807) is 4.90 Å². The average molecular weight is 533 g/mol. The van der Waals surface area contributed by atoms with Crippen molar-refractivity contribution in [3.05, 3.63) is 127 Å². The first-order chi connectivity index (χ1) is 19.2. The minimum absolute atomic E-state index is 0.0343. The number of hydrogen-bond acceptors (Lipinski definition) is 2. The van der Waals surface area contributed by atoms with Gasteiger partial charge in [0.25, 0.3) is 5.91 Å². The van der Waals surface area contributed by atoms with Crippen LogP contribution >= 0.6 is 0 Å². The number of para-hydroxylation sites is 3. The Balaban J connectivity index is 0. The largest absolute Gasteiger partial charge is 0.375 e.